The van der Waals surface area contributed by atoms with Crippen molar-refractivity contribution in [2.45, 2.75) is 52.1 Å². The Morgan fingerprint density at radius 2 is 2.06 bits per heavy atom. The van der Waals surface area contributed by atoms with E-state index in [1.807, 2.05) is 6.08 Å². The van der Waals surface area contributed by atoms with Gasteiger partial charge in [0.2, 0.25) is 0 Å². The van der Waals surface area contributed by atoms with Crippen LogP contribution < -0.4 is 5.32 Å². The summed E-state index contributed by atoms with van der Waals surface area (Å²) < 4.78 is 0. The molecular formula is C14H28N2. The minimum absolute atomic E-state index is 0.233. The fourth-order valence-corrected chi connectivity index (χ4v) is 1.92. The molecule has 0 spiro atoms. The molecule has 0 aromatic rings. The van der Waals surface area contributed by atoms with E-state index in [0.717, 1.165) is 19.1 Å². The standard InChI is InChI=1S/C14H28N2/c1-6-9-16(13-7-8-13)11-12(2)10-15-14(3,4)5/h6,12-13,15H,1,7-11H2,2-5H3. The highest BCUT2D eigenvalue weighted by atomic mass is 15.2. The van der Waals surface area contributed by atoms with Crippen molar-refractivity contribution in [2.24, 2.45) is 5.92 Å². The Labute approximate surface area is 101 Å². The van der Waals surface area contributed by atoms with Crippen LogP contribution in [0.2, 0.25) is 0 Å². The Morgan fingerprint density at radius 3 is 2.50 bits per heavy atom. The second-order valence-electron chi connectivity index (χ2n) is 6.21. The second-order valence-corrected chi connectivity index (χ2v) is 6.21. The van der Waals surface area contributed by atoms with E-state index in [1.54, 1.807) is 0 Å². The van der Waals surface area contributed by atoms with Gasteiger partial charge in [0.1, 0.15) is 0 Å². The van der Waals surface area contributed by atoms with Gasteiger partial charge in [-0.3, -0.25) is 4.90 Å². The van der Waals surface area contributed by atoms with Gasteiger partial charge in [-0.25, -0.2) is 0 Å². The van der Waals surface area contributed by atoms with Crippen molar-refractivity contribution in [2.75, 3.05) is 19.6 Å². The molecule has 16 heavy (non-hydrogen) atoms. The molecular weight excluding hydrogens is 196 g/mol. The largest absolute Gasteiger partial charge is 0.312 e. The summed E-state index contributed by atoms with van der Waals surface area (Å²) in [4.78, 5) is 2.57. The highest BCUT2D eigenvalue weighted by Gasteiger charge is 2.28. The fraction of sp³-hybridized carbons (Fsp3) is 0.857. The molecule has 1 aliphatic rings. The van der Waals surface area contributed by atoms with E-state index in [2.05, 4.69) is 44.5 Å². The van der Waals surface area contributed by atoms with E-state index in [0.29, 0.717) is 5.92 Å². The number of hydrogen-bond donors (Lipinski definition) is 1. The van der Waals surface area contributed by atoms with E-state index in [1.165, 1.54) is 19.4 Å². The van der Waals surface area contributed by atoms with E-state index in [4.69, 9.17) is 0 Å². The van der Waals surface area contributed by atoms with Crippen molar-refractivity contribution in [1.82, 2.24) is 10.2 Å². The van der Waals surface area contributed by atoms with Crippen LogP contribution in [-0.4, -0.2) is 36.1 Å². The quantitative estimate of drug-likeness (QED) is 0.669. The summed E-state index contributed by atoms with van der Waals surface area (Å²) in [5.74, 6) is 0.708. The van der Waals surface area contributed by atoms with Crippen LogP contribution in [0.25, 0.3) is 0 Å². The highest BCUT2D eigenvalue weighted by molar-refractivity contribution is 4.89. The number of nitrogens with one attached hydrogen (secondary N) is 1. The minimum Gasteiger partial charge on any atom is -0.312 e. The summed E-state index contributed by atoms with van der Waals surface area (Å²) in [7, 11) is 0. The van der Waals surface area contributed by atoms with Gasteiger partial charge < -0.3 is 5.32 Å². The predicted molar refractivity (Wildman–Crippen MR) is 71.7 cm³/mol. The Kier molecular flexibility index (Phi) is 5.00. The fourth-order valence-electron chi connectivity index (χ4n) is 1.92. The Balaban J connectivity index is 2.25. The lowest BCUT2D eigenvalue weighted by molar-refractivity contribution is 0.238. The third-order valence-corrected chi connectivity index (χ3v) is 2.95. The molecule has 1 rings (SSSR count). The van der Waals surface area contributed by atoms with Crippen molar-refractivity contribution in [3.63, 3.8) is 0 Å². The third-order valence-electron chi connectivity index (χ3n) is 2.95. The van der Waals surface area contributed by atoms with Gasteiger partial charge in [-0.05, 0) is 46.1 Å². The number of rotatable bonds is 7. The Morgan fingerprint density at radius 1 is 1.44 bits per heavy atom. The van der Waals surface area contributed by atoms with Gasteiger partial charge in [0, 0.05) is 24.7 Å². The highest BCUT2D eigenvalue weighted by Crippen LogP contribution is 2.27. The summed E-state index contributed by atoms with van der Waals surface area (Å²) in [5.41, 5.74) is 0.233. The third kappa shape index (κ3) is 5.66. The molecule has 2 heteroatoms. The molecule has 0 heterocycles. The molecule has 0 aromatic heterocycles. The lowest BCUT2D eigenvalue weighted by atomic mass is 10.1. The van der Waals surface area contributed by atoms with Crippen LogP contribution in [0.1, 0.15) is 40.5 Å². The first-order valence-electron chi connectivity index (χ1n) is 6.52. The van der Waals surface area contributed by atoms with Crippen LogP contribution in [0.3, 0.4) is 0 Å². The first kappa shape index (κ1) is 13.7. The molecule has 1 unspecified atom stereocenters. The van der Waals surface area contributed by atoms with Crippen LogP contribution in [0.5, 0.6) is 0 Å². The smallest absolute Gasteiger partial charge is 0.0163 e. The monoisotopic (exact) mass is 224 g/mol. The molecule has 1 fully saturated rings. The first-order valence-corrected chi connectivity index (χ1v) is 6.52. The number of nitrogens with zero attached hydrogens (tertiary/aromatic N) is 1. The Bertz CT molecular complexity index is 213. The second kappa shape index (κ2) is 5.83. The molecule has 2 nitrogen and oxygen atoms in total. The Hall–Kier alpha value is -0.340. The van der Waals surface area contributed by atoms with Gasteiger partial charge in [-0.2, -0.15) is 0 Å². The molecule has 1 aliphatic carbocycles. The predicted octanol–water partition coefficient (Wildman–Crippen LogP) is 2.66. The lowest BCUT2D eigenvalue weighted by Crippen LogP contribution is -2.42. The zero-order valence-electron chi connectivity index (χ0n) is 11.4. The molecule has 0 aliphatic heterocycles. The maximum atomic E-state index is 3.85. The molecule has 0 aromatic carbocycles. The van der Waals surface area contributed by atoms with Crippen LogP contribution >= 0.6 is 0 Å². The van der Waals surface area contributed by atoms with Crippen molar-refractivity contribution in [3.8, 4) is 0 Å². The van der Waals surface area contributed by atoms with Crippen LogP contribution in [0, 0.1) is 5.92 Å². The van der Waals surface area contributed by atoms with Crippen molar-refractivity contribution in [3.05, 3.63) is 12.7 Å². The average Bonchev–Trinajstić information content (AvgIpc) is 2.96. The average molecular weight is 224 g/mol. The molecule has 0 bridgehead atoms. The summed E-state index contributed by atoms with van der Waals surface area (Å²) in [5, 5.41) is 3.58. The molecule has 1 N–H and O–H groups in total. The van der Waals surface area contributed by atoms with Crippen LogP contribution in [-0.2, 0) is 0 Å². The van der Waals surface area contributed by atoms with Gasteiger partial charge in [0.05, 0.1) is 0 Å². The van der Waals surface area contributed by atoms with Gasteiger partial charge in [-0.15, -0.1) is 6.58 Å². The van der Waals surface area contributed by atoms with E-state index < -0.39 is 0 Å². The molecule has 94 valence electrons. The van der Waals surface area contributed by atoms with Crippen LogP contribution in [0.4, 0.5) is 0 Å². The van der Waals surface area contributed by atoms with Crippen LogP contribution in [0.15, 0.2) is 12.7 Å². The van der Waals surface area contributed by atoms with Crippen molar-refractivity contribution >= 4 is 0 Å². The van der Waals surface area contributed by atoms with Gasteiger partial charge in [0.15, 0.2) is 0 Å². The van der Waals surface area contributed by atoms with Crippen molar-refractivity contribution in [1.29, 1.82) is 0 Å². The summed E-state index contributed by atoms with van der Waals surface area (Å²) in [6.07, 6.45) is 4.79. The summed E-state index contributed by atoms with van der Waals surface area (Å²) >= 11 is 0. The lowest BCUT2D eigenvalue weighted by Gasteiger charge is -2.27. The van der Waals surface area contributed by atoms with E-state index >= 15 is 0 Å². The topological polar surface area (TPSA) is 15.3 Å². The first-order chi connectivity index (χ1) is 7.42. The van der Waals surface area contributed by atoms with Gasteiger partial charge >= 0.3 is 0 Å². The molecule has 0 radical (unpaired) electrons. The zero-order valence-corrected chi connectivity index (χ0v) is 11.4. The maximum Gasteiger partial charge on any atom is 0.0163 e. The SMILES string of the molecule is C=CCN(CC(C)CNC(C)(C)C)C1CC1. The molecule has 0 saturated heterocycles. The van der Waals surface area contributed by atoms with E-state index in [9.17, 15) is 0 Å². The van der Waals surface area contributed by atoms with E-state index in [-0.39, 0.29) is 5.54 Å². The minimum atomic E-state index is 0.233. The molecule has 0 amide bonds. The zero-order chi connectivity index (χ0) is 12.2. The maximum absolute atomic E-state index is 3.85. The van der Waals surface area contributed by atoms with Gasteiger partial charge in [-0.1, -0.05) is 13.0 Å². The molecule has 1 atom stereocenters. The normalized spacial score (nSPS) is 18.8. The van der Waals surface area contributed by atoms with Crippen molar-refractivity contribution < 1.29 is 0 Å². The number of hydrogen-bond acceptors (Lipinski definition) is 2. The van der Waals surface area contributed by atoms with Gasteiger partial charge in [0.25, 0.3) is 0 Å². The molecule has 1 saturated carbocycles. The summed E-state index contributed by atoms with van der Waals surface area (Å²) in [6.45, 7) is 16.2. The summed E-state index contributed by atoms with van der Waals surface area (Å²) in [6, 6.07) is 0.843.